The van der Waals surface area contributed by atoms with Crippen LogP contribution in [0, 0.1) is 0 Å². The Morgan fingerprint density at radius 2 is 2.29 bits per heavy atom. The van der Waals surface area contributed by atoms with Crippen LogP contribution in [-0.2, 0) is 18.3 Å². The van der Waals surface area contributed by atoms with Crippen molar-refractivity contribution >= 4 is 13.4 Å². The van der Waals surface area contributed by atoms with Gasteiger partial charge >= 0.3 is 19.2 Å². The van der Waals surface area contributed by atoms with Crippen LogP contribution in [0.1, 0.15) is 6.23 Å². The van der Waals surface area contributed by atoms with Crippen molar-refractivity contribution in [1.29, 1.82) is 0 Å². The van der Waals surface area contributed by atoms with E-state index in [-0.39, 0.29) is 12.4 Å². The lowest BCUT2D eigenvalue weighted by Crippen LogP contribution is -2.44. The zero-order valence-corrected chi connectivity index (χ0v) is 11.7. The molecule has 1 aromatic rings. The van der Waals surface area contributed by atoms with Gasteiger partial charge in [-0.15, -0.1) is 0 Å². The van der Waals surface area contributed by atoms with Gasteiger partial charge in [-0.3, -0.25) is 13.7 Å². The van der Waals surface area contributed by atoms with Gasteiger partial charge in [0.15, 0.2) is 6.10 Å². The zero-order chi connectivity index (χ0) is 15.4. The molecule has 0 bridgehead atoms. The van der Waals surface area contributed by atoms with Gasteiger partial charge in [-0.05, 0) is 6.07 Å². The summed E-state index contributed by atoms with van der Waals surface area (Å²) in [6.45, 7) is 0.797. The fraction of sp³-hybridized carbons (Fsp3) is 0.600. The van der Waals surface area contributed by atoms with Gasteiger partial charge in [0.2, 0.25) is 6.23 Å². The highest BCUT2D eigenvalue weighted by molar-refractivity contribution is 7.53. The maximum absolute atomic E-state index is 14.4. The Morgan fingerprint density at radius 3 is 2.95 bits per heavy atom. The van der Waals surface area contributed by atoms with Crippen LogP contribution in [0.4, 0.5) is 14.6 Å². The van der Waals surface area contributed by atoms with E-state index in [0.29, 0.717) is 4.57 Å². The van der Waals surface area contributed by atoms with Gasteiger partial charge in [0.1, 0.15) is 11.9 Å². The SMILES string of the molecule is CP1(=O)OC[C@H]2O[C@@H](n3ccc(N)nc3=O)C(F)(F)[C@@H]2O1. The molecule has 11 heteroatoms. The van der Waals surface area contributed by atoms with E-state index in [1.807, 2.05) is 0 Å². The maximum Gasteiger partial charge on any atom is 0.351 e. The quantitative estimate of drug-likeness (QED) is 0.754. The molecule has 0 radical (unpaired) electrons. The molecule has 0 aromatic carbocycles. The number of ether oxygens (including phenoxy) is 1. The van der Waals surface area contributed by atoms with Crippen LogP contribution in [0.5, 0.6) is 0 Å². The van der Waals surface area contributed by atoms with Crippen molar-refractivity contribution in [2.45, 2.75) is 24.4 Å². The molecule has 0 amide bonds. The largest absolute Gasteiger partial charge is 0.383 e. The number of halogens is 2. The summed E-state index contributed by atoms with van der Waals surface area (Å²) < 4.78 is 56.0. The van der Waals surface area contributed by atoms with Crippen LogP contribution in [0.25, 0.3) is 0 Å². The van der Waals surface area contributed by atoms with E-state index < -0.39 is 37.6 Å². The van der Waals surface area contributed by atoms with E-state index in [0.717, 1.165) is 12.9 Å². The third-order valence-electron chi connectivity index (χ3n) is 3.23. The molecular formula is C10H12F2N3O5P. The molecule has 116 valence electrons. The van der Waals surface area contributed by atoms with E-state index in [1.54, 1.807) is 0 Å². The Balaban J connectivity index is 1.98. The molecule has 2 saturated heterocycles. The van der Waals surface area contributed by atoms with Crippen molar-refractivity contribution in [2.75, 3.05) is 19.0 Å². The third-order valence-corrected chi connectivity index (χ3v) is 4.46. The highest BCUT2D eigenvalue weighted by Crippen LogP contribution is 2.56. The molecule has 21 heavy (non-hydrogen) atoms. The minimum Gasteiger partial charge on any atom is -0.383 e. The van der Waals surface area contributed by atoms with Gasteiger partial charge in [-0.25, -0.2) is 4.79 Å². The fourth-order valence-electron chi connectivity index (χ4n) is 2.28. The van der Waals surface area contributed by atoms with Crippen LogP contribution in [0.3, 0.4) is 0 Å². The molecule has 8 nitrogen and oxygen atoms in total. The van der Waals surface area contributed by atoms with Gasteiger partial charge in [-0.2, -0.15) is 13.8 Å². The maximum atomic E-state index is 14.4. The van der Waals surface area contributed by atoms with Crippen LogP contribution in [0.2, 0.25) is 0 Å². The van der Waals surface area contributed by atoms with E-state index in [1.165, 1.54) is 6.07 Å². The second kappa shape index (κ2) is 4.57. The van der Waals surface area contributed by atoms with Crippen molar-refractivity contribution in [3.63, 3.8) is 0 Å². The second-order valence-corrected chi connectivity index (χ2v) is 6.85. The van der Waals surface area contributed by atoms with E-state index in [4.69, 9.17) is 19.5 Å². The monoisotopic (exact) mass is 323 g/mol. The van der Waals surface area contributed by atoms with Gasteiger partial charge in [-0.1, -0.05) is 0 Å². The Bertz CT molecular complexity index is 681. The lowest BCUT2D eigenvalue weighted by Gasteiger charge is -2.30. The molecule has 3 rings (SSSR count). The summed E-state index contributed by atoms with van der Waals surface area (Å²) in [7, 11) is -3.56. The van der Waals surface area contributed by atoms with Crippen molar-refractivity contribution in [2.24, 2.45) is 0 Å². The number of hydrogen-bond donors (Lipinski definition) is 1. The summed E-state index contributed by atoms with van der Waals surface area (Å²) in [5.41, 5.74) is 4.34. The number of fused-ring (bicyclic) bond motifs is 1. The zero-order valence-electron chi connectivity index (χ0n) is 10.8. The van der Waals surface area contributed by atoms with Gasteiger partial charge in [0.05, 0.1) is 6.61 Å². The standard InChI is InChI=1S/C10H12F2N3O5P/c1-21(17)18-4-5-7(20-21)10(11,12)8(19-5)15-3-2-6(13)14-9(15)16/h2-3,5,7-8H,4H2,1H3,(H2,13,14,16)/t5-,7-,8-,21?/m1/s1. The Morgan fingerprint density at radius 1 is 1.57 bits per heavy atom. The van der Waals surface area contributed by atoms with Crippen molar-refractivity contribution in [3.05, 3.63) is 22.7 Å². The molecule has 2 aliphatic rings. The van der Waals surface area contributed by atoms with Gasteiger partial charge in [0.25, 0.3) is 0 Å². The Labute approximate surface area is 117 Å². The van der Waals surface area contributed by atoms with E-state index in [2.05, 4.69) is 4.98 Å². The van der Waals surface area contributed by atoms with Crippen molar-refractivity contribution in [1.82, 2.24) is 9.55 Å². The molecule has 2 fully saturated rings. The predicted molar refractivity (Wildman–Crippen MR) is 66.1 cm³/mol. The van der Waals surface area contributed by atoms with Gasteiger partial charge < -0.3 is 15.0 Å². The highest BCUT2D eigenvalue weighted by atomic mass is 31.2. The molecule has 1 aromatic heterocycles. The molecular weight excluding hydrogens is 311 g/mol. The minimum absolute atomic E-state index is 0.0902. The number of nitrogens with two attached hydrogens (primary N) is 1. The number of nitrogens with zero attached hydrogens (tertiary/aromatic N) is 2. The number of aromatic nitrogens is 2. The van der Waals surface area contributed by atoms with Gasteiger partial charge in [0, 0.05) is 12.9 Å². The number of anilines is 1. The summed E-state index contributed by atoms with van der Waals surface area (Å²) in [6.07, 6.45) is -3.74. The van der Waals surface area contributed by atoms with Crippen LogP contribution < -0.4 is 11.4 Å². The lowest BCUT2D eigenvalue weighted by atomic mass is 10.1. The first-order valence-electron chi connectivity index (χ1n) is 5.99. The summed E-state index contributed by atoms with van der Waals surface area (Å²) in [5, 5.41) is 0. The first-order chi connectivity index (χ1) is 9.71. The Hall–Kier alpha value is -1.35. The molecule has 2 aliphatic heterocycles. The van der Waals surface area contributed by atoms with Crippen molar-refractivity contribution in [3.8, 4) is 0 Å². The third kappa shape index (κ3) is 2.38. The smallest absolute Gasteiger partial charge is 0.351 e. The first-order valence-corrected chi connectivity index (χ1v) is 7.98. The first kappa shape index (κ1) is 14.6. The van der Waals surface area contributed by atoms with Crippen LogP contribution >= 0.6 is 7.60 Å². The van der Waals surface area contributed by atoms with Crippen LogP contribution in [-0.4, -0.2) is 41.0 Å². The number of alkyl halides is 2. The molecule has 1 unspecified atom stereocenters. The minimum atomic E-state index is -3.57. The molecule has 2 N–H and O–H groups in total. The lowest BCUT2D eigenvalue weighted by molar-refractivity contribution is -0.135. The second-order valence-electron chi connectivity index (χ2n) is 4.84. The predicted octanol–water partition coefficient (Wildman–Crippen LogP) is 0.596. The number of nitrogen functional groups attached to an aromatic ring is 1. The van der Waals surface area contributed by atoms with Crippen molar-refractivity contribution < 1.29 is 27.1 Å². The number of rotatable bonds is 1. The topological polar surface area (TPSA) is 106 Å². The van der Waals surface area contributed by atoms with E-state index in [9.17, 15) is 18.1 Å². The van der Waals surface area contributed by atoms with E-state index >= 15 is 0 Å². The summed E-state index contributed by atoms with van der Waals surface area (Å²) in [5.74, 6) is -3.66. The summed E-state index contributed by atoms with van der Waals surface area (Å²) >= 11 is 0. The fourth-order valence-corrected chi connectivity index (χ4v) is 3.45. The average Bonchev–Trinajstić information content (AvgIpc) is 2.61. The summed E-state index contributed by atoms with van der Waals surface area (Å²) in [6, 6.07) is 1.20. The Kier molecular flexibility index (Phi) is 3.17. The molecule has 0 aliphatic carbocycles. The van der Waals surface area contributed by atoms with Crippen LogP contribution in [0.15, 0.2) is 17.1 Å². The summed E-state index contributed by atoms with van der Waals surface area (Å²) in [4.78, 5) is 15.1. The molecule has 3 heterocycles. The molecule has 0 spiro atoms. The average molecular weight is 323 g/mol. The molecule has 4 atom stereocenters. The normalized spacial score (nSPS) is 38.1. The number of hydrogen-bond acceptors (Lipinski definition) is 7. The highest BCUT2D eigenvalue weighted by Gasteiger charge is 2.64. The molecule has 0 saturated carbocycles.